The number of nitrogen functional groups attached to an aromatic ring is 1. The third-order valence-electron chi connectivity index (χ3n) is 4.53. The molecule has 4 aromatic rings. The first-order chi connectivity index (χ1) is 13.2. The summed E-state index contributed by atoms with van der Waals surface area (Å²) in [7, 11) is 0. The number of amides is 1. The summed E-state index contributed by atoms with van der Waals surface area (Å²) in [4.78, 5) is 25.5. The van der Waals surface area contributed by atoms with E-state index in [-0.39, 0.29) is 5.91 Å². The molecule has 1 aliphatic rings. The molecule has 1 aromatic carbocycles. The lowest BCUT2D eigenvalue weighted by Crippen LogP contribution is -2.25. The third-order valence-corrected chi connectivity index (χ3v) is 5.20. The summed E-state index contributed by atoms with van der Waals surface area (Å²) < 4.78 is 1.89. The molecule has 0 atom stereocenters. The largest absolute Gasteiger partial charge is 0.382 e. The molecule has 3 heterocycles. The molecule has 0 saturated heterocycles. The normalized spacial score (nSPS) is 13.8. The third kappa shape index (κ3) is 2.93. The van der Waals surface area contributed by atoms with E-state index in [9.17, 15) is 4.79 Å². The lowest BCUT2D eigenvalue weighted by atomic mass is 10.1. The summed E-state index contributed by atoms with van der Waals surface area (Å²) in [5.41, 5.74) is 9.75. The minimum absolute atomic E-state index is 0.0459. The van der Waals surface area contributed by atoms with Gasteiger partial charge in [0.1, 0.15) is 6.33 Å². The zero-order valence-corrected chi connectivity index (χ0v) is 15.1. The number of imidazole rings is 1. The van der Waals surface area contributed by atoms with Crippen molar-refractivity contribution in [3.63, 3.8) is 0 Å². The molecule has 0 spiro atoms. The summed E-state index contributed by atoms with van der Waals surface area (Å²) in [6, 6.07) is 9.58. The molecule has 1 saturated carbocycles. The number of nitrogens with zero attached hydrogens (tertiary/aromatic N) is 4. The Morgan fingerprint density at radius 2 is 2.00 bits per heavy atom. The van der Waals surface area contributed by atoms with Gasteiger partial charge in [-0.2, -0.15) is 11.3 Å². The van der Waals surface area contributed by atoms with Crippen molar-refractivity contribution in [2.75, 3.05) is 5.73 Å². The summed E-state index contributed by atoms with van der Waals surface area (Å²) in [5, 5.41) is 7.00. The fourth-order valence-electron chi connectivity index (χ4n) is 2.90. The van der Waals surface area contributed by atoms with Gasteiger partial charge < -0.3 is 11.1 Å². The highest BCUT2D eigenvalue weighted by atomic mass is 32.1. The molecule has 27 heavy (non-hydrogen) atoms. The fourth-order valence-corrected chi connectivity index (χ4v) is 3.53. The van der Waals surface area contributed by atoms with E-state index in [1.54, 1.807) is 29.8 Å². The van der Waals surface area contributed by atoms with E-state index in [2.05, 4.69) is 20.3 Å². The van der Waals surface area contributed by atoms with Gasteiger partial charge in [0.15, 0.2) is 22.8 Å². The maximum absolute atomic E-state index is 12.1. The average Bonchev–Trinajstić information content (AvgIpc) is 3.16. The number of aromatic nitrogens is 4. The smallest absolute Gasteiger partial charge is 0.251 e. The number of nitrogens with one attached hydrogen (secondary N) is 1. The van der Waals surface area contributed by atoms with Gasteiger partial charge in [-0.25, -0.2) is 15.0 Å². The van der Waals surface area contributed by atoms with Crippen LogP contribution < -0.4 is 11.1 Å². The van der Waals surface area contributed by atoms with Crippen LogP contribution in [0, 0.1) is 0 Å². The number of benzene rings is 1. The number of carbonyl (C=O) groups excluding carboxylic acids is 1. The van der Waals surface area contributed by atoms with Gasteiger partial charge in [-0.05, 0) is 36.4 Å². The van der Waals surface area contributed by atoms with Gasteiger partial charge >= 0.3 is 0 Å². The molecule has 3 N–H and O–H groups in total. The summed E-state index contributed by atoms with van der Waals surface area (Å²) in [5.74, 6) is 0.793. The van der Waals surface area contributed by atoms with Crippen LogP contribution in [0.3, 0.4) is 0 Å². The second-order valence-corrected chi connectivity index (χ2v) is 7.31. The Bertz CT molecular complexity index is 1130. The summed E-state index contributed by atoms with van der Waals surface area (Å²) >= 11 is 1.60. The van der Waals surface area contributed by atoms with Crippen LogP contribution in [0.4, 0.5) is 5.82 Å². The number of thiophene rings is 1. The van der Waals surface area contributed by atoms with Gasteiger partial charge in [-0.15, -0.1) is 0 Å². The molecule has 3 aromatic heterocycles. The van der Waals surface area contributed by atoms with Crippen molar-refractivity contribution in [1.29, 1.82) is 0 Å². The number of carbonyl (C=O) groups is 1. The quantitative estimate of drug-likeness (QED) is 0.570. The second kappa shape index (κ2) is 6.17. The lowest BCUT2D eigenvalue weighted by Gasteiger charge is -2.06. The number of nitrogens with two attached hydrogens (primary N) is 1. The van der Waals surface area contributed by atoms with Crippen molar-refractivity contribution in [3.8, 4) is 17.1 Å². The Balaban J connectivity index is 1.52. The zero-order chi connectivity index (χ0) is 18.4. The molecule has 1 aliphatic carbocycles. The molecule has 8 heteroatoms. The molecule has 7 nitrogen and oxygen atoms in total. The number of hydrogen-bond acceptors (Lipinski definition) is 6. The Labute approximate surface area is 158 Å². The molecule has 0 radical (unpaired) electrons. The predicted molar refractivity (Wildman–Crippen MR) is 105 cm³/mol. The molecule has 1 fully saturated rings. The van der Waals surface area contributed by atoms with Crippen molar-refractivity contribution in [2.45, 2.75) is 18.9 Å². The van der Waals surface area contributed by atoms with Crippen molar-refractivity contribution < 1.29 is 4.79 Å². The predicted octanol–water partition coefficient (Wildman–Crippen LogP) is 3.02. The van der Waals surface area contributed by atoms with Crippen LogP contribution in [0.2, 0.25) is 0 Å². The number of hydrogen-bond donors (Lipinski definition) is 2. The van der Waals surface area contributed by atoms with Crippen LogP contribution in [0.1, 0.15) is 23.2 Å². The highest BCUT2D eigenvalue weighted by Gasteiger charge is 2.23. The average molecular weight is 376 g/mol. The summed E-state index contributed by atoms with van der Waals surface area (Å²) in [6.07, 6.45) is 3.83. The first kappa shape index (κ1) is 16.0. The zero-order valence-electron chi connectivity index (χ0n) is 14.3. The van der Waals surface area contributed by atoms with Crippen molar-refractivity contribution >= 4 is 34.2 Å². The van der Waals surface area contributed by atoms with Gasteiger partial charge in [-0.1, -0.05) is 12.1 Å². The van der Waals surface area contributed by atoms with Gasteiger partial charge in [-0.3, -0.25) is 9.36 Å². The highest BCUT2D eigenvalue weighted by molar-refractivity contribution is 7.08. The summed E-state index contributed by atoms with van der Waals surface area (Å²) in [6.45, 7) is 0. The first-order valence-electron chi connectivity index (χ1n) is 8.63. The molecule has 0 aliphatic heterocycles. The Morgan fingerprint density at radius 1 is 1.19 bits per heavy atom. The number of fused-ring (bicyclic) bond motifs is 1. The molecule has 0 unspecified atom stereocenters. The number of anilines is 1. The maximum Gasteiger partial charge on any atom is 0.251 e. The van der Waals surface area contributed by atoms with Gasteiger partial charge in [0.25, 0.3) is 5.91 Å². The van der Waals surface area contributed by atoms with Gasteiger partial charge in [0, 0.05) is 22.5 Å². The van der Waals surface area contributed by atoms with Crippen LogP contribution in [0.15, 0.2) is 47.4 Å². The molecule has 0 bridgehead atoms. The highest BCUT2D eigenvalue weighted by Crippen LogP contribution is 2.25. The minimum Gasteiger partial charge on any atom is -0.382 e. The Morgan fingerprint density at radius 3 is 2.70 bits per heavy atom. The van der Waals surface area contributed by atoms with Crippen LogP contribution in [0.5, 0.6) is 0 Å². The monoisotopic (exact) mass is 376 g/mol. The minimum atomic E-state index is -0.0459. The van der Waals surface area contributed by atoms with Crippen molar-refractivity contribution in [1.82, 2.24) is 24.8 Å². The van der Waals surface area contributed by atoms with Gasteiger partial charge in [0.2, 0.25) is 0 Å². The van der Waals surface area contributed by atoms with E-state index in [0.717, 1.165) is 24.1 Å². The molecular weight excluding hydrogens is 360 g/mol. The van der Waals surface area contributed by atoms with E-state index in [1.165, 1.54) is 0 Å². The van der Waals surface area contributed by atoms with E-state index in [4.69, 9.17) is 5.73 Å². The van der Waals surface area contributed by atoms with Crippen LogP contribution in [-0.2, 0) is 0 Å². The molecular formula is C19H16N6OS. The lowest BCUT2D eigenvalue weighted by molar-refractivity contribution is 0.0951. The maximum atomic E-state index is 12.1. The molecule has 1 amide bonds. The topological polar surface area (TPSA) is 98.7 Å². The van der Waals surface area contributed by atoms with E-state index < -0.39 is 0 Å². The van der Waals surface area contributed by atoms with Gasteiger partial charge in [0.05, 0.1) is 5.69 Å². The number of rotatable bonds is 4. The van der Waals surface area contributed by atoms with Crippen molar-refractivity contribution in [2.24, 2.45) is 0 Å². The van der Waals surface area contributed by atoms with Crippen LogP contribution in [-0.4, -0.2) is 31.5 Å². The van der Waals surface area contributed by atoms with E-state index >= 15 is 0 Å². The standard InChI is InChI=1S/C19H16N6OS/c20-16-15-18(25(10-21-15)14-7-8-27-9-14)24-17(23-16)11-1-3-12(4-2-11)19(26)22-13-5-6-13/h1-4,7-10,13H,5-6H2,(H,22,26)(H2,20,23,24). The molecule has 134 valence electrons. The Hall–Kier alpha value is -3.26. The fraction of sp³-hybridized carbons (Fsp3) is 0.158. The van der Waals surface area contributed by atoms with E-state index in [1.807, 2.05) is 33.5 Å². The second-order valence-electron chi connectivity index (χ2n) is 6.53. The SMILES string of the molecule is Nc1nc(-c2ccc(C(=O)NC3CC3)cc2)nc2c1ncn2-c1ccsc1. The molecule has 5 rings (SSSR count). The first-order valence-corrected chi connectivity index (χ1v) is 9.58. The Kier molecular flexibility index (Phi) is 3.64. The van der Waals surface area contributed by atoms with Crippen LogP contribution >= 0.6 is 11.3 Å². The van der Waals surface area contributed by atoms with Crippen molar-refractivity contribution in [3.05, 3.63) is 53.0 Å². The van der Waals surface area contributed by atoms with Crippen LogP contribution in [0.25, 0.3) is 28.2 Å². The van der Waals surface area contributed by atoms with E-state index in [0.29, 0.717) is 34.4 Å².